The topological polar surface area (TPSA) is 49.0 Å². The van der Waals surface area contributed by atoms with Gasteiger partial charge in [0.25, 0.3) is 0 Å². The minimum absolute atomic E-state index is 0.116. The molecule has 1 aliphatic carbocycles. The number of fused-ring (bicyclic) bond motifs is 1. The highest BCUT2D eigenvalue weighted by molar-refractivity contribution is 5.78. The molecule has 1 aromatic heterocycles. The van der Waals surface area contributed by atoms with Crippen LogP contribution in [0.15, 0.2) is 36.4 Å². The van der Waals surface area contributed by atoms with Gasteiger partial charge in [0, 0.05) is 13.0 Å². The van der Waals surface area contributed by atoms with E-state index in [9.17, 15) is 4.79 Å². The summed E-state index contributed by atoms with van der Waals surface area (Å²) in [5.41, 5.74) is 2.03. The first-order chi connectivity index (χ1) is 10.8. The lowest BCUT2D eigenvalue weighted by Crippen LogP contribution is -2.32. The number of amides is 1. The minimum atomic E-state index is 0.116. The van der Waals surface area contributed by atoms with Crippen molar-refractivity contribution in [1.82, 2.24) is 14.9 Å². The Bertz CT molecular complexity index is 685. The number of carbonyl (C=O) groups is 1. The second-order valence-electron chi connectivity index (χ2n) is 6.35. The lowest BCUT2D eigenvalue weighted by atomic mass is 10.0. The number of aromatic amines is 1. The molecular formula is C18H21N3O. The predicted octanol–water partition coefficient (Wildman–Crippen LogP) is 3.58. The molecule has 1 amide bonds. The van der Waals surface area contributed by atoms with E-state index in [0.717, 1.165) is 49.1 Å². The van der Waals surface area contributed by atoms with Gasteiger partial charge in [0.05, 0.1) is 17.1 Å². The molecule has 4 heteroatoms. The maximum absolute atomic E-state index is 12.7. The maximum Gasteiger partial charge on any atom is 0.223 e. The number of benzene rings is 1. The summed E-state index contributed by atoms with van der Waals surface area (Å²) in [4.78, 5) is 22.8. The number of imidazole rings is 1. The third-order valence-electron chi connectivity index (χ3n) is 4.85. The fourth-order valence-electron chi connectivity index (χ4n) is 3.69. The van der Waals surface area contributed by atoms with E-state index >= 15 is 0 Å². The third kappa shape index (κ3) is 2.43. The van der Waals surface area contributed by atoms with Gasteiger partial charge in [-0.15, -0.1) is 0 Å². The molecule has 4 rings (SSSR count). The van der Waals surface area contributed by atoms with Crippen LogP contribution in [0.2, 0.25) is 0 Å². The third-order valence-corrected chi connectivity index (χ3v) is 4.85. The number of nitrogens with zero attached hydrogens (tertiary/aromatic N) is 2. The fraction of sp³-hybridized carbons (Fsp3) is 0.444. The molecule has 0 saturated carbocycles. The van der Waals surface area contributed by atoms with E-state index in [1.54, 1.807) is 0 Å². The zero-order valence-electron chi connectivity index (χ0n) is 12.7. The van der Waals surface area contributed by atoms with E-state index in [-0.39, 0.29) is 11.9 Å². The summed E-state index contributed by atoms with van der Waals surface area (Å²) in [5.74, 6) is 1.65. The van der Waals surface area contributed by atoms with E-state index in [4.69, 9.17) is 4.98 Å². The SMILES string of the molecule is O=C(C[C@H]1C=CCC1)N1CCC[C@H]1c1nc2ccccc2[nH]1. The van der Waals surface area contributed by atoms with Crippen molar-refractivity contribution in [1.29, 1.82) is 0 Å². The Labute approximate surface area is 130 Å². The van der Waals surface area contributed by atoms with Crippen molar-refractivity contribution >= 4 is 16.9 Å². The smallest absolute Gasteiger partial charge is 0.223 e. The van der Waals surface area contributed by atoms with Crippen LogP contribution in [0.1, 0.15) is 44.0 Å². The van der Waals surface area contributed by atoms with Gasteiger partial charge in [-0.3, -0.25) is 4.79 Å². The Hall–Kier alpha value is -2.10. The predicted molar refractivity (Wildman–Crippen MR) is 86.3 cm³/mol. The first-order valence-electron chi connectivity index (χ1n) is 8.22. The van der Waals surface area contributed by atoms with Gasteiger partial charge in [-0.2, -0.15) is 0 Å². The summed E-state index contributed by atoms with van der Waals surface area (Å²) < 4.78 is 0. The average molecular weight is 295 g/mol. The molecule has 1 aromatic carbocycles. The molecule has 1 N–H and O–H groups in total. The summed E-state index contributed by atoms with van der Waals surface area (Å²) in [6, 6.07) is 8.17. The highest BCUT2D eigenvalue weighted by Crippen LogP contribution is 2.33. The average Bonchev–Trinajstić information content (AvgIpc) is 3.26. The molecule has 0 bridgehead atoms. The highest BCUT2D eigenvalue weighted by atomic mass is 16.2. The van der Waals surface area contributed by atoms with E-state index < -0.39 is 0 Å². The highest BCUT2D eigenvalue weighted by Gasteiger charge is 2.32. The summed E-state index contributed by atoms with van der Waals surface area (Å²) in [6.07, 6.45) is 9.34. The molecule has 2 heterocycles. The number of carbonyl (C=O) groups excluding carboxylic acids is 1. The van der Waals surface area contributed by atoms with Crippen molar-refractivity contribution in [2.75, 3.05) is 6.54 Å². The Kier molecular flexibility index (Phi) is 3.45. The number of H-pyrrole nitrogens is 1. The van der Waals surface area contributed by atoms with Crippen LogP contribution >= 0.6 is 0 Å². The number of rotatable bonds is 3. The van der Waals surface area contributed by atoms with Crippen LogP contribution in [0.4, 0.5) is 0 Å². The number of hydrogen-bond donors (Lipinski definition) is 1. The lowest BCUT2D eigenvalue weighted by molar-refractivity contribution is -0.132. The minimum Gasteiger partial charge on any atom is -0.340 e. The number of nitrogens with one attached hydrogen (secondary N) is 1. The van der Waals surface area contributed by atoms with Crippen molar-refractivity contribution in [3.8, 4) is 0 Å². The monoisotopic (exact) mass is 295 g/mol. The molecule has 4 nitrogen and oxygen atoms in total. The molecule has 0 spiro atoms. The first kappa shape index (κ1) is 13.6. The Morgan fingerprint density at radius 3 is 3.05 bits per heavy atom. The van der Waals surface area contributed by atoms with E-state index in [1.807, 2.05) is 29.2 Å². The standard InChI is InChI=1S/C18H21N3O/c22-17(12-13-6-1-2-7-13)21-11-5-10-16(21)18-19-14-8-3-4-9-15(14)20-18/h1,3-4,6,8-9,13,16H,2,5,7,10-12H2,(H,19,20)/t13-,16-/m0/s1. The van der Waals surface area contributed by atoms with Crippen molar-refractivity contribution in [3.05, 3.63) is 42.2 Å². The molecule has 2 aromatic rings. The molecule has 0 radical (unpaired) electrons. The Morgan fingerprint density at radius 1 is 1.32 bits per heavy atom. The van der Waals surface area contributed by atoms with Crippen molar-refractivity contribution in [3.63, 3.8) is 0 Å². The van der Waals surface area contributed by atoms with Gasteiger partial charge in [0.1, 0.15) is 5.82 Å². The van der Waals surface area contributed by atoms with Crippen LogP contribution in [-0.4, -0.2) is 27.3 Å². The largest absolute Gasteiger partial charge is 0.340 e. The van der Waals surface area contributed by atoms with Gasteiger partial charge in [-0.05, 0) is 43.7 Å². The van der Waals surface area contributed by atoms with Crippen molar-refractivity contribution in [2.24, 2.45) is 5.92 Å². The second kappa shape index (κ2) is 5.59. The van der Waals surface area contributed by atoms with Gasteiger partial charge < -0.3 is 9.88 Å². The van der Waals surface area contributed by atoms with Gasteiger partial charge in [0.2, 0.25) is 5.91 Å². The van der Waals surface area contributed by atoms with Crippen molar-refractivity contribution in [2.45, 2.75) is 38.1 Å². The Balaban J connectivity index is 1.54. The molecule has 1 saturated heterocycles. The van der Waals surface area contributed by atoms with Gasteiger partial charge in [-0.1, -0.05) is 24.3 Å². The molecule has 2 atom stereocenters. The number of allylic oxidation sites excluding steroid dienone is 2. The first-order valence-corrected chi connectivity index (χ1v) is 8.22. The molecule has 22 heavy (non-hydrogen) atoms. The number of hydrogen-bond acceptors (Lipinski definition) is 2. The van der Waals surface area contributed by atoms with Crippen LogP contribution in [0.3, 0.4) is 0 Å². The summed E-state index contributed by atoms with van der Waals surface area (Å²) in [7, 11) is 0. The zero-order chi connectivity index (χ0) is 14.9. The van der Waals surface area contributed by atoms with Crippen LogP contribution < -0.4 is 0 Å². The van der Waals surface area contributed by atoms with E-state index in [2.05, 4.69) is 17.1 Å². The second-order valence-corrected chi connectivity index (χ2v) is 6.35. The van der Waals surface area contributed by atoms with Crippen LogP contribution in [0.5, 0.6) is 0 Å². The molecule has 114 valence electrons. The molecule has 1 fully saturated rings. The molecule has 2 aliphatic rings. The van der Waals surface area contributed by atoms with E-state index in [0.29, 0.717) is 12.3 Å². The number of likely N-dealkylation sites (tertiary alicyclic amines) is 1. The summed E-state index contributed by atoms with van der Waals surface area (Å²) in [5, 5.41) is 0. The molecule has 1 aliphatic heterocycles. The zero-order valence-corrected chi connectivity index (χ0v) is 12.7. The van der Waals surface area contributed by atoms with Crippen molar-refractivity contribution < 1.29 is 4.79 Å². The normalized spacial score (nSPS) is 24.5. The summed E-state index contributed by atoms with van der Waals surface area (Å²) in [6.45, 7) is 0.858. The quantitative estimate of drug-likeness (QED) is 0.880. The van der Waals surface area contributed by atoms with Gasteiger partial charge in [-0.25, -0.2) is 4.98 Å². The van der Waals surface area contributed by atoms with Crippen LogP contribution in [-0.2, 0) is 4.79 Å². The summed E-state index contributed by atoms with van der Waals surface area (Å²) >= 11 is 0. The number of aromatic nitrogens is 2. The number of para-hydroxylation sites is 2. The fourth-order valence-corrected chi connectivity index (χ4v) is 3.69. The van der Waals surface area contributed by atoms with Gasteiger partial charge >= 0.3 is 0 Å². The molecule has 0 unspecified atom stereocenters. The molecular weight excluding hydrogens is 274 g/mol. The maximum atomic E-state index is 12.7. The van der Waals surface area contributed by atoms with E-state index in [1.165, 1.54) is 0 Å². The lowest BCUT2D eigenvalue weighted by Gasteiger charge is -2.24. The van der Waals surface area contributed by atoms with Gasteiger partial charge in [0.15, 0.2) is 0 Å². The van der Waals surface area contributed by atoms with Crippen LogP contribution in [0, 0.1) is 5.92 Å². The Morgan fingerprint density at radius 2 is 2.23 bits per heavy atom. The van der Waals surface area contributed by atoms with Crippen LogP contribution in [0.25, 0.3) is 11.0 Å².